The Hall–Kier alpha value is -3.37. The summed E-state index contributed by atoms with van der Waals surface area (Å²) in [6.07, 6.45) is 1.87. The van der Waals surface area contributed by atoms with Gasteiger partial charge in [-0.2, -0.15) is 0 Å². The summed E-state index contributed by atoms with van der Waals surface area (Å²) in [4.78, 5) is 4.92. The number of hydrogen-bond acceptors (Lipinski definition) is 2. The van der Waals surface area contributed by atoms with Crippen LogP contribution in [0.3, 0.4) is 0 Å². The van der Waals surface area contributed by atoms with Crippen LogP contribution in [-0.4, -0.2) is 18.3 Å². The van der Waals surface area contributed by atoms with Crippen LogP contribution < -0.4 is 4.40 Å². The molecule has 4 aromatic carbocycles. The summed E-state index contributed by atoms with van der Waals surface area (Å²) in [6.45, 7) is 6.83. The van der Waals surface area contributed by atoms with E-state index in [1.807, 2.05) is 12.3 Å². The fourth-order valence-electron chi connectivity index (χ4n) is 5.41. The van der Waals surface area contributed by atoms with Crippen LogP contribution in [0.2, 0.25) is 17.3 Å². The second-order valence-corrected chi connectivity index (χ2v) is 22.8. The first-order valence-corrected chi connectivity index (χ1v) is 20.4. The standard InChI is InChI=1S/C34H33GeNO/c1-34(2,3)29-21-24(20-23-10-7-8-11-26(23)29)32-31-28-13-9-12-27(33(28)37-30(31)18-19-36-32)22-14-16-25(17-15-22)35(4,5)6/h7-21H,1-6H3. The zero-order chi connectivity index (χ0) is 25.9. The van der Waals surface area contributed by atoms with Crippen LogP contribution in [0.25, 0.3) is 55.1 Å². The third-order valence-electron chi connectivity index (χ3n) is 7.41. The van der Waals surface area contributed by atoms with Gasteiger partial charge in [0.2, 0.25) is 0 Å². The Morgan fingerprint density at radius 1 is 0.730 bits per heavy atom. The van der Waals surface area contributed by atoms with E-state index < -0.39 is 13.3 Å². The third kappa shape index (κ3) is 4.18. The third-order valence-corrected chi connectivity index (χ3v) is 11.7. The Kier molecular flexibility index (Phi) is 5.58. The topological polar surface area (TPSA) is 26.0 Å². The van der Waals surface area contributed by atoms with Crippen LogP contribution >= 0.6 is 0 Å². The van der Waals surface area contributed by atoms with Crippen molar-refractivity contribution in [2.24, 2.45) is 0 Å². The molecule has 2 nitrogen and oxygen atoms in total. The average Bonchev–Trinajstić information content (AvgIpc) is 3.26. The quantitative estimate of drug-likeness (QED) is 0.208. The van der Waals surface area contributed by atoms with Gasteiger partial charge in [0.1, 0.15) is 0 Å². The van der Waals surface area contributed by atoms with Crippen molar-refractivity contribution in [3.63, 3.8) is 0 Å². The van der Waals surface area contributed by atoms with Crippen LogP contribution in [-0.2, 0) is 5.41 Å². The fraction of sp³-hybridized carbons (Fsp3) is 0.206. The molecule has 0 aliphatic heterocycles. The van der Waals surface area contributed by atoms with Gasteiger partial charge in [-0.25, -0.2) is 0 Å². The molecule has 0 amide bonds. The van der Waals surface area contributed by atoms with Gasteiger partial charge in [0, 0.05) is 0 Å². The molecule has 0 unspecified atom stereocenters. The Bertz CT molecular complexity index is 1780. The molecule has 0 aliphatic carbocycles. The number of rotatable bonds is 3. The fourth-order valence-corrected chi connectivity index (χ4v) is 7.85. The number of benzene rings is 4. The normalized spacial score (nSPS) is 12.6. The van der Waals surface area contributed by atoms with Gasteiger partial charge < -0.3 is 0 Å². The van der Waals surface area contributed by atoms with Gasteiger partial charge in [-0.3, -0.25) is 0 Å². The Balaban J connectivity index is 1.59. The van der Waals surface area contributed by atoms with Crippen molar-refractivity contribution in [3.05, 3.63) is 96.7 Å². The number of fused-ring (bicyclic) bond motifs is 4. The van der Waals surface area contributed by atoms with E-state index in [1.165, 1.54) is 26.3 Å². The van der Waals surface area contributed by atoms with Crippen molar-refractivity contribution in [1.82, 2.24) is 4.98 Å². The van der Waals surface area contributed by atoms with Crippen molar-refractivity contribution < 1.29 is 4.42 Å². The van der Waals surface area contributed by atoms with E-state index in [9.17, 15) is 0 Å². The molecule has 2 aromatic heterocycles. The minimum atomic E-state index is -1.87. The van der Waals surface area contributed by atoms with Crippen LogP contribution in [0, 0.1) is 0 Å². The molecule has 37 heavy (non-hydrogen) atoms. The predicted molar refractivity (Wildman–Crippen MR) is 162 cm³/mol. The van der Waals surface area contributed by atoms with Crippen molar-refractivity contribution in [2.75, 3.05) is 0 Å². The first kappa shape index (κ1) is 24.0. The molecule has 0 bridgehead atoms. The maximum atomic E-state index is 6.55. The van der Waals surface area contributed by atoms with E-state index in [4.69, 9.17) is 9.40 Å². The second-order valence-electron chi connectivity index (χ2n) is 12.1. The van der Waals surface area contributed by atoms with E-state index in [-0.39, 0.29) is 5.41 Å². The monoisotopic (exact) mass is 545 g/mol. The number of nitrogens with zero attached hydrogens (tertiary/aromatic N) is 1. The molecule has 6 rings (SSSR count). The van der Waals surface area contributed by atoms with E-state index in [0.717, 1.165) is 38.8 Å². The molecule has 0 saturated carbocycles. The maximum absolute atomic E-state index is 6.55. The first-order valence-electron chi connectivity index (χ1n) is 13.1. The van der Waals surface area contributed by atoms with Crippen LogP contribution in [0.15, 0.2) is 95.5 Å². The van der Waals surface area contributed by atoms with Crippen molar-refractivity contribution >= 4 is 50.4 Å². The number of pyridine rings is 1. The zero-order valence-electron chi connectivity index (χ0n) is 22.5. The molecule has 3 heteroatoms. The van der Waals surface area contributed by atoms with E-state index >= 15 is 0 Å². The van der Waals surface area contributed by atoms with Gasteiger partial charge in [0.25, 0.3) is 0 Å². The van der Waals surface area contributed by atoms with Gasteiger partial charge in [0.15, 0.2) is 0 Å². The minimum Gasteiger partial charge on any atom is -0.0616 e. The Morgan fingerprint density at radius 2 is 1.46 bits per heavy atom. The van der Waals surface area contributed by atoms with Crippen LogP contribution in [0.1, 0.15) is 26.3 Å². The van der Waals surface area contributed by atoms with E-state index in [1.54, 1.807) is 0 Å². The van der Waals surface area contributed by atoms with Gasteiger partial charge in [-0.05, 0) is 10.8 Å². The molecule has 0 aliphatic rings. The second kappa shape index (κ2) is 8.60. The smallest absolute Gasteiger partial charge is 0.0616 e. The molecule has 0 spiro atoms. The molecule has 184 valence electrons. The van der Waals surface area contributed by atoms with Crippen LogP contribution in [0.5, 0.6) is 0 Å². The number of furan rings is 1. The molecular weight excluding hydrogens is 511 g/mol. The summed E-state index contributed by atoms with van der Waals surface area (Å²) in [5, 5.41) is 4.73. The molecular formula is C34H33GeNO. The molecule has 0 radical (unpaired) electrons. The van der Waals surface area contributed by atoms with Crippen molar-refractivity contribution in [2.45, 2.75) is 43.5 Å². The average molecular weight is 544 g/mol. The van der Waals surface area contributed by atoms with Gasteiger partial charge in [0.05, 0.1) is 0 Å². The van der Waals surface area contributed by atoms with E-state index in [2.05, 4.69) is 117 Å². The Morgan fingerprint density at radius 3 is 2.19 bits per heavy atom. The number of para-hydroxylation sites is 1. The van der Waals surface area contributed by atoms with Gasteiger partial charge >= 0.3 is 166 Å². The summed E-state index contributed by atoms with van der Waals surface area (Å²) in [5.41, 5.74) is 7.56. The summed E-state index contributed by atoms with van der Waals surface area (Å²) in [7, 11) is 0. The predicted octanol–water partition coefficient (Wildman–Crippen LogP) is 9.31. The SMILES string of the molecule is CC(C)(C)c1cc(-c2nccc3oc4c(-c5cc[c]([Ge]([CH3])([CH3])[CH3])cc5)cccc4c23)cc2ccccc12. The molecule has 6 aromatic rings. The zero-order valence-corrected chi connectivity index (χ0v) is 24.6. The molecule has 0 fully saturated rings. The minimum absolute atomic E-state index is 0.0121. The molecule has 2 heterocycles. The van der Waals surface area contributed by atoms with Gasteiger partial charge in [-0.15, -0.1) is 0 Å². The summed E-state index contributed by atoms with van der Waals surface area (Å²) >= 11 is -1.87. The van der Waals surface area contributed by atoms with Gasteiger partial charge in [-0.1, -0.05) is 45.0 Å². The van der Waals surface area contributed by atoms with Crippen molar-refractivity contribution in [1.29, 1.82) is 0 Å². The first-order chi connectivity index (χ1) is 17.6. The van der Waals surface area contributed by atoms with E-state index in [0.29, 0.717) is 0 Å². The molecule has 0 N–H and O–H groups in total. The summed E-state index contributed by atoms with van der Waals surface area (Å²) < 4.78 is 8.07. The Labute approximate surface area is 221 Å². The molecule has 0 saturated heterocycles. The number of hydrogen-bond donors (Lipinski definition) is 0. The van der Waals surface area contributed by atoms with Crippen molar-refractivity contribution in [3.8, 4) is 22.4 Å². The van der Waals surface area contributed by atoms with Crippen LogP contribution in [0.4, 0.5) is 0 Å². The molecule has 0 atom stereocenters. The summed E-state index contributed by atoms with van der Waals surface area (Å²) in [5.74, 6) is 7.30. The summed E-state index contributed by atoms with van der Waals surface area (Å²) in [6, 6.07) is 30.8. The number of aromatic nitrogens is 1.